The lowest BCUT2D eigenvalue weighted by atomic mass is 10.0. The quantitative estimate of drug-likeness (QED) is 0.454. The summed E-state index contributed by atoms with van der Waals surface area (Å²) in [7, 11) is 3.83. The first-order valence-electron chi connectivity index (χ1n) is 11.1. The molecule has 0 saturated carbocycles. The molecule has 168 valence electrons. The van der Waals surface area contributed by atoms with Crippen molar-refractivity contribution in [3.05, 3.63) is 84.1 Å². The maximum Gasteiger partial charge on any atom is 0.225 e. The fourth-order valence-electron chi connectivity index (χ4n) is 4.24. The van der Waals surface area contributed by atoms with Crippen molar-refractivity contribution in [2.24, 2.45) is 0 Å². The number of hydrogen-bond donors (Lipinski definition) is 0. The Kier molecular flexibility index (Phi) is 5.98. The Balaban J connectivity index is 1.46. The Morgan fingerprint density at radius 1 is 1.06 bits per heavy atom. The van der Waals surface area contributed by atoms with Gasteiger partial charge in [-0.1, -0.05) is 30.3 Å². The number of nitrogens with zero attached hydrogens (tertiary/aromatic N) is 5. The molecule has 0 spiro atoms. The molecule has 0 N–H and O–H groups in total. The summed E-state index contributed by atoms with van der Waals surface area (Å²) >= 11 is 0. The zero-order valence-corrected chi connectivity index (χ0v) is 18.8. The molecule has 6 nitrogen and oxygen atoms in total. The molecule has 1 aliphatic heterocycles. The average Bonchev–Trinajstić information content (AvgIpc) is 2.85. The second kappa shape index (κ2) is 9.21. The molecule has 5 rings (SSSR count). The number of benzene rings is 2. The second-order valence-corrected chi connectivity index (χ2v) is 8.45. The molecular weight excluding hydrogens is 417 g/mol. The molecule has 7 heteroatoms. The second-order valence-electron chi connectivity index (χ2n) is 8.45. The van der Waals surface area contributed by atoms with E-state index in [4.69, 9.17) is 9.72 Å². The summed E-state index contributed by atoms with van der Waals surface area (Å²) in [5.74, 6) is 0.354. The van der Waals surface area contributed by atoms with Crippen molar-refractivity contribution in [2.45, 2.75) is 12.6 Å². The lowest BCUT2D eigenvalue weighted by molar-refractivity contribution is -0.0345. The van der Waals surface area contributed by atoms with Gasteiger partial charge in [0.15, 0.2) is 0 Å². The summed E-state index contributed by atoms with van der Waals surface area (Å²) < 4.78 is 19.7. The number of hydrogen-bond acceptors (Lipinski definition) is 6. The average molecular weight is 444 g/mol. The number of para-hydroxylation sites is 1. The minimum absolute atomic E-state index is 0.214. The Labute approximate surface area is 192 Å². The van der Waals surface area contributed by atoms with Crippen molar-refractivity contribution >= 4 is 16.9 Å². The van der Waals surface area contributed by atoms with Crippen molar-refractivity contribution < 1.29 is 9.13 Å². The van der Waals surface area contributed by atoms with E-state index in [0.717, 1.165) is 35.4 Å². The van der Waals surface area contributed by atoms with Crippen molar-refractivity contribution in [1.82, 2.24) is 19.9 Å². The van der Waals surface area contributed by atoms with Crippen molar-refractivity contribution in [2.75, 3.05) is 38.7 Å². The van der Waals surface area contributed by atoms with Crippen molar-refractivity contribution in [3.63, 3.8) is 0 Å². The number of rotatable bonds is 5. The van der Waals surface area contributed by atoms with Crippen LogP contribution in [0.1, 0.15) is 17.4 Å². The molecule has 1 fully saturated rings. The van der Waals surface area contributed by atoms with E-state index in [1.807, 2.05) is 49.6 Å². The number of anilines is 1. The van der Waals surface area contributed by atoms with Crippen LogP contribution in [0.4, 0.5) is 10.3 Å². The summed E-state index contributed by atoms with van der Waals surface area (Å²) in [6.45, 7) is 2.96. The highest BCUT2D eigenvalue weighted by atomic mass is 19.1. The molecule has 4 aromatic rings. The van der Waals surface area contributed by atoms with E-state index in [-0.39, 0.29) is 11.9 Å². The maximum absolute atomic E-state index is 13.5. The molecule has 0 unspecified atom stereocenters. The van der Waals surface area contributed by atoms with Crippen LogP contribution >= 0.6 is 0 Å². The van der Waals surface area contributed by atoms with Gasteiger partial charge in [0.05, 0.1) is 17.8 Å². The molecule has 1 saturated heterocycles. The van der Waals surface area contributed by atoms with Gasteiger partial charge in [-0.25, -0.2) is 14.4 Å². The van der Waals surface area contributed by atoms with Gasteiger partial charge >= 0.3 is 0 Å². The predicted molar refractivity (Wildman–Crippen MR) is 127 cm³/mol. The van der Waals surface area contributed by atoms with Crippen LogP contribution in [0.5, 0.6) is 0 Å². The fourth-order valence-corrected chi connectivity index (χ4v) is 4.24. The molecule has 0 radical (unpaired) electrons. The molecule has 1 aliphatic rings. The lowest BCUT2D eigenvalue weighted by Gasteiger charge is -2.33. The van der Waals surface area contributed by atoms with Crippen LogP contribution in [-0.2, 0) is 11.3 Å². The highest BCUT2D eigenvalue weighted by Gasteiger charge is 2.27. The zero-order valence-electron chi connectivity index (χ0n) is 18.8. The number of morpholine rings is 1. The molecule has 0 bridgehead atoms. The van der Waals surface area contributed by atoms with Gasteiger partial charge in [0.2, 0.25) is 5.95 Å². The van der Waals surface area contributed by atoms with Crippen LogP contribution in [0.2, 0.25) is 0 Å². The van der Waals surface area contributed by atoms with E-state index >= 15 is 0 Å². The first-order valence-corrected chi connectivity index (χ1v) is 11.1. The van der Waals surface area contributed by atoms with Gasteiger partial charge in [0, 0.05) is 57.1 Å². The summed E-state index contributed by atoms with van der Waals surface area (Å²) in [6.07, 6.45) is 3.47. The van der Waals surface area contributed by atoms with Gasteiger partial charge in [-0.3, -0.25) is 9.88 Å². The van der Waals surface area contributed by atoms with Gasteiger partial charge in [0.1, 0.15) is 11.9 Å². The smallest absolute Gasteiger partial charge is 0.225 e. The number of aromatic nitrogens is 3. The van der Waals surface area contributed by atoms with Gasteiger partial charge in [-0.2, -0.15) is 0 Å². The minimum Gasteiger partial charge on any atom is -0.369 e. The van der Waals surface area contributed by atoms with Gasteiger partial charge < -0.3 is 9.64 Å². The highest BCUT2D eigenvalue weighted by Crippen LogP contribution is 2.32. The van der Waals surface area contributed by atoms with Gasteiger partial charge in [-0.05, 0) is 35.4 Å². The van der Waals surface area contributed by atoms with Crippen molar-refractivity contribution in [1.29, 1.82) is 0 Å². The van der Waals surface area contributed by atoms with E-state index < -0.39 is 0 Å². The van der Waals surface area contributed by atoms with Crippen LogP contribution in [0.3, 0.4) is 0 Å². The lowest BCUT2D eigenvalue weighted by Crippen LogP contribution is -2.38. The van der Waals surface area contributed by atoms with Crippen LogP contribution in [0.25, 0.3) is 22.0 Å². The standard InChI is InChI=1S/C26H26FN5O/c1-31(2)26-29-15-22(18-7-9-20(27)10-8-18)25(30-26)24-17-32(13-14-33-24)16-19-11-12-28-23-6-4-3-5-21(19)23/h3-12,15,24H,13-14,16-17H2,1-2H3/t24-/m1/s1. The molecule has 1 atom stereocenters. The summed E-state index contributed by atoms with van der Waals surface area (Å²) in [5, 5.41) is 1.17. The van der Waals surface area contributed by atoms with Crippen LogP contribution in [0.15, 0.2) is 67.0 Å². The number of ether oxygens (including phenoxy) is 1. The molecule has 2 aromatic heterocycles. The Morgan fingerprint density at radius 2 is 1.88 bits per heavy atom. The third-order valence-corrected chi connectivity index (χ3v) is 5.95. The molecule has 33 heavy (non-hydrogen) atoms. The SMILES string of the molecule is CN(C)c1ncc(-c2ccc(F)cc2)c([C@H]2CN(Cc3ccnc4ccccc34)CCO2)n1. The summed E-state index contributed by atoms with van der Waals surface area (Å²) in [5.41, 5.74) is 4.81. The van der Waals surface area contributed by atoms with Crippen molar-refractivity contribution in [3.8, 4) is 11.1 Å². The topological polar surface area (TPSA) is 54.4 Å². The predicted octanol–water partition coefficient (Wildman–Crippen LogP) is 4.47. The number of pyridine rings is 1. The number of halogens is 1. The summed E-state index contributed by atoms with van der Waals surface area (Å²) in [4.78, 5) is 18.1. The Bertz CT molecular complexity index is 1260. The van der Waals surface area contributed by atoms with Crippen LogP contribution < -0.4 is 4.90 Å². The third-order valence-electron chi connectivity index (χ3n) is 5.95. The minimum atomic E-state index is -0.268. The highest BCUT2D eigenvalue weighted by molar-refractivity contribution is 5.81. The molecular formula is C26H26FN5O. The van der Waals surface area contributed by atoms with Gasteiger partial charge in [-0.15, -0.1) is 0 Å². The largest absolute Gasteiger partial charge is 0.369 e. The first-order chi connectivity index (χ1) is 16.1. The Morgan fingerprint density at radius 3 is 2.70 bits per heavy atom. The third kappa shape index (κ3) is 4.55. The van der Waals surface area contributed by atoms with E-state index in [1.165, 1.54) is 23.1 Å². The van der Waals surface area contributed by atoms with Crippen LogP contribution in [0, 0.1) is 5.82 Å². The van der Waals surface area contributed by atoms with E-state index in [9.17, 15) is 4.39 Å². The molecule has 0 aliphatic carbocycles. The first kappa shape index (κ1) is 21.4. The van der Waals surface area contributed by atoms with E-state index in [2.05, 4.69) is 27.0 Å². The monoisotopic (exact) mass is 443 g/mol. The molecule has 3 heterocycles. The maximum atomic E-state index is 13.5. The summed E-state index contributed by atoms with van der Waals surface area (Å²) in [6, 6.07) is 16.8. The van der Waals surface area contributed by atoms with E-state index in [1.54, 1.807) is 12.1 Å². The fraction of sp³-hybridized carbons (Fsp3) is 0.269. The van der Waals surface area contributed by atoms with Crippen LogP contribution in [-0.4, -0.2) is 53.6 Å². The molecule has 2 aromatic carbocycles. The zero-order chi connectivity index (χ0) is 22.8. The number of fused-ring (bicyclic) bond motifs is 1. The van der Waals surface area contributed by atoms with E-state index in [0.29, 0.717) is 19.1 Å². The van der Waals surface area contributed by atoms with Gasteiger partial charge in [0.25, 0.3) is 0 Å². The molecule has 0 amide bonds. The Hall–Kier alpha value is -3.42. The normalized spacial score (nSPS) is 16.8.